The molecule has 0 bridgehead atoms. The van der Waals surface area contributed by atoms with E-state index in [1.165, 1.54) is 11.2 Å². The summed E-state index contributed by atoms with van der Waals surface area (Å²) in [7, 11) is -1.89. The molecule has 0 atom stereocenters. The zero-order valence-electron chi connectivity index (χ0n) is 19.4. The van der Waals surface area contributed by atoms with E-state index in [2.05, 4.69) is 5.32 Å². The lowest BCUT2D eigenvalue weighted by Gasteiger charge is -2.30. The Morgan fingerprint density at radius 1 is 0.971 bits per heavy atom. The van der Waals surface area contributed by atoms with Crippen LogP contribution in [0.5, 0.6) is 0 Å². The molecule has 8 heteroatoms. The van der Waals surface area contributed by atoms with E-state index in [1.807, 2.05) is 54.6 Å². The summed E-state index contributed by atoms with van der Waals surface area (Å²) in [6.45, 7) is 2.58. The average molecular weight is 480 g/mol. The maximum absolute atomic E-state index is 13.2. The van der Waals surface area contributed by atoms with Gasteiger partial charge in [0.1, 0.15) is 0 Å². The van der Waals surface area contributed by atoms with Gasteiger partial charge in [-0.2, -0.15) is 4.31 Å². The number of benzene rings is 3. The van der Waals surface area contributed by atoms with Crippen LogP contribution in [0.25, 0.3) is 10.8 Å². The molecule has 1 fully saturated rings. The van der Waals surface area contributed by atoms with E-state index in [1.54, 1.807) is 24.1 Å². The van der Waals surface area contributed by atoms with E-state index >= 15 is 0 Å². The van der Waals surface area contributed by atoms with Gasteiger partial charge in [0.15, 0.2) is 0 Å². The summed E-state index contributed by atoms with van der Waals surface area (Å²) in [5, 5.41) is 4.83. The van der Waals surface area contributed by atoms with E-state index in [4.69, 9.17) is 0 Å². The number of rotatable bonds is 6. The zero-order valence-corrected chi connectivity index (χ0v) is 20.2. The molecule has 178 valence electrons. The number of nitrogens with zero attached hydrogens (tertiary/aromatic N) is 2. The minimum Gasteiger partial charge on any atom is -0.342 e. The van der Waals surface area contributed by atoms with Gasteiger partial charge in [0, 0.05) is 45.2 Å². The Morgan fingerprint density at radius 3 is 2.38 bits per heavy atom. The number of sulfonamides is 1. The Bertz CT molecular complexity index is 1310. The van der Waals surface area contributed by atoms with Gasteiger partial charge in [-0.25, -0.2) is 8.42 Å². The smallest absolute Gasteiger partial charge is 0.243 e. The summed E-state index contributed by atoms with van der Waals surface area (Å²) >= 11 is 0. The summed E-state index contributed by atoms with van der Waals surface area (Å²) in [5.74, 6) is -0.397. The Balaban J connectivity index is 1.37. The van der Waals surface area contributed by atoms with E-state index in [-0.39, 0.29) is 22.6 Å². The summed E-state index contributed by atoms with van der Waals surface area (Å²) < 4.78 is 27.8. The zero-order chi connectivity index (χ0) is 24.3. The lowest BCUT2D eigenvalue weighted by molar-refractivity contribution is -0.128. The molecule has 0 spiro atoms. The number of nitrogens with one attached hydrogen (secondary N) is 1. The fraction of sp³-hybridized carbons (Fsp3) is 0.308. The largest absolute Gasteiger partial charge is 0.342 e. The molecular formula is C26H29N3O4S. The van der Waals surface area contributed by atoms with E-state index in [0.717, 1.165) is 16.3 Å². The molecule has 2 amide bonds. The summed E-state index contributed by atoms with van der Waals surface area (Å²) in [6.07, 6.45) is 0.927. The molecule has 4 rings (SSSR count). The van der Waals surface area contributed by atoms with Crippen molar-refractivity contribution in [2.24, 2.45) is 5.92 Å². The Hall–Kier alpha value is -3.23. The Labute approximate surface area is 200 Å². The highest BCUT2D eigenvalue weighted by Gasteiger charge is 2.32. The van der Waals surface area contributed by atoms with Crippen molar-refractivity contribution in [3.05, 3.63) is 72.3 Å². The lowest BCUT2D eigenvalue weighted by atomic mass is 9.97. The monoisotopic (exact) mass is 479 g/mol. The molecule has 34 heavy (non-hydrogen) atoms. The minimum atomic E-state index is -3.62. The number of hydrogen-bond donors (Lipinski definition) is 1. The van der Waals surface area contributed by atoms with Crippen molar-refractivity contribution in [3.8, 4) is 0 Å². The van der Waals surface area contributed by atoms with Crippen LogP contribution < -0.4 is 5.32 Å². The van der Waals surface area contributed by atoms with Gasteiger partial charge in [-0.3, -0.25) is 9.59 Å². The minimum absolute atomic E-state index is 0.0279. The third kappa shape index (κ3) is 5.29. The number of carbonyl (C=O) groups excluding carboxylic acids is 2. The highest BCUT2D eigenvalue weighted by Crippen LogP contribution is 2.27. The maximum Gasteiger partial charge on any atom is 0.243 e. The second kappa shape index (κ2) is 9.95. The van der Waals surface area contributed by atoms with Gasteiger partial charge in [-0.05, 0) is 53.4 Å². The third-order valence-electron chi connectivity index (χ3n) is 6.34. The molecule has 0 aliphatic carbocycles. The topological polar surface area (TPSA) is 86.8 Å². The number of anilines is 1. The molecule has 1 saturated heterocycles. The summed E-state index contributed by atoms with van der Waals surface area (Å²) in [5.41, 5.74) is 1.59. The van der Waals surface area contributed by atoms with Crippen LogP contribution in [-0.2, 0) is 26.2 Å². The van der Waals surface area contributed by atoms with Gasteiger partial charge in [0.2, 0.25) is 21.8 Å². The quantitative estimate of drug-likeness (QED) is 0.582. The van der Waals surface area contributed by atoms with E-state index < -0.39 is 10.0 Å². The van der Waals surface area contributed by atoms with Crippen LogP contribution in [0.15, 0.2) is 71.6 Å². The molecule has 1 aliphatic heterocycles. The molecule has 1 N–H and O–H groups in total. The van der Waals surface area contributed by atoms with Crippen molar-refractivity contribution in [2.75, 3.05) is 25.5 Å². The standard InChI is InChI=1S/C26H29N3O4S/c1-19(30)28(2)18-20-6-5-9-24(16-20)27-26(31)22-12-14-29(15-13-22)34(32,33)25-11-10-21-7-3-4-8-23(21)17-25/h3-11,16-17,22H,12-15,18H2,1-2H3,(H,27,31). The molecule has 0 unspecified atom stereocenters. The molecular weight excluding hydrogens is 450 g/mol. The molecule has 1 heterocycles. The predicted octanol–water partition coefficient (Wildman–Crippen LogP) is 3.86. The SMILES string of the molecule is CC(=O)N(C)Cc1cccc(NC(=O)C2CCN(S(=O)(=O)c3ccc4ccccc4c3)CC2)c1. The highest BCUT2D eigenvalue weighted by atomic mass is 32.2. The average Bonchev–Trinajstić information content (AvgIpc) is 2.84. The van der Waals surface area contributed by atoms with Gasteiger partial charge >= 0.3 is 0 Å². The predicted molar refractivity (Wildman–Crippen MR) is 133 cm³/mol. The fourth-order valence-corrected chi connectivity index (χ4v) is 5.72. The number of piperidine rings is 1. The first-order chi connectivity index (χ1) is 16.2. The van der Waals surface area contributed by atoms with Crippen LogP contribution in [0, 0.1) is 5.92 Å². The van der Waals surface area contributed by atoms with Crippen molar-refractivity contribution in [1.29, 1.82) is 0 Å². The first kappa shape index (κ1) is 23.9. The van der Waals surface area contributed by atoms with Crippen LogP contribution in [0.4, 0.5) is 5.69 Å². The van der Waals surface area contributed by atoms with Crippen LogP contribution >= 0.6 is 0 Å². The van der Waals surface area contributed by atoms with Gasteiger partial charge in [0.05, 0.1) is 4.90 Å². The number of amides is 2. The number of hydrogen-bond acceptors (Lipinski definition) is 4. The van der Waals surface area contributed by atoms with Crippen molar-refractivity contribution in [1.82, 2.24) is 9.21 Å². The van der Waals surface area contributed by atoms with Crippen molar-refractivity contribution >= 4 is 38.3 Å². The summed E-state index contributed by atoms with van der Waals surface area (Å²) in [4.78, 5) is 26.2. The summed E-state index contributed by atoms with van der Waals surface area (Å²) in [6, 6.07) is 20.3. The maximum atomic E-state index is 13.2. The van der Waals surface area contributed by atoms with Crippen molar-refractivity contribution < 1.29 is 18.0 Å². The van der Waals surface area contributed by atoms with Crippen molar-refractivity contribution in [3.63, 3.8) is 0 Å². The third-order valence-corrected chi connectivity index (χ3v) is 8.23. The molecule has 3 aromatic rings. The van der Waals surface area contributed by atoms with Crippen molar-refractivity contribution in [2.45, 2.75) is 31.2 Å². The van der Waals surface area contributed by atoms with Gasteiger partial charge in [-0.15, -0.1) is 0 Å². The molecule has 1 aliphatic rings. The van der Waals surface area contributed by atoms with Gasteiger partial charge < -0.3 is 10.2 Å². The number of fused-ring (bicyclic) bond motifs is 1. The van der Waals surface area contributed by atoms with Crippen LogP contribution in [0.2, 0.25) is 0 Å². The normalized spacial score (nSPS) is 15.2. The van der Waals surface area contributed by atoms with Crippen LogP contribution in [-0.4, -0.2) is 49.6 Å². The Morgan fingerprint density at radius 2 is 1.68 bits per heavy atom. The Kier molecular flexibility index (Phi) is 7.00. The van der Waals surface area contributed by atoms with E-state index in [0.29, 0.717) is 38.2 Å². The van der Waals surface area contributed by atoms with E-state index in [9.17, 15) is 18.0 Å². The first-order valence-corrected chi connectivity index (χ1v) is 12.8. The number of carbonyl (C=O) groups is 2. The first-order valence-electron chi connectivity index (χ1n) is 11.3. The van der Waals surface area contributed by atoms with Crippen LogP contribution in [0.3, 0.4) is 0 Å². The second-order valence-electron chi connectivity index (χ2n) is 8.75. The second-order valence-corrected chi connectivity index (χ2v) is 10.7. The molecule has 0 aromatic heterocycles. The van der Waals surface area contributed by atoms with Gasteiger partial charge in [-0.1, -0.05) is 42.5 Å². The highest BCUT2D eigenvalue weighted by molar-refractivity contribution is 7.89. The molecule has 0 radical (unpaired) electrons. The lowest BCUT2D eigenvalue weighted by Crippen LogP contribution is -2.41. The van der Waals surface area contributed by atoms with Crippen LogP contribution in [0.1, 0.15) is 25.3 Å². The molecule has 0 saturated carbocycles. The fourth-order valence-electron chi connectivity index (χ4n) is 4.21. The molecule has 3 aromatic carbocycles. The van der Waals surface area contributed by atoms with Gasteiger partial charge in [0.25, 0.3) is 0 Å². The molecule has 7 nitrogen and oxygen atoms in total.